The Labute approximate surface area is 119 Å². The maximum atomic E-state index is 12.9. The lowest BCUT2D eigenvalue weighted by molar-refractivity contribution is -0.147. The van der Waals surface area contributed by atoms with Crippen LogP contribution in [0.5, 0.6) is 0 Å². The first kappa shape index (κ1) is 16.6. The number of hydrogen-bond donors (Lipinski definition) is 4. The van der Waals surface area contributed by atoms with Gasteiger partial charge in [-0.3, -0.25) is 9.59 Å². The minimum atomic E-state index is -1.55. The molecule has 1 aromatic rings. The molecule has 0 heterocycles. The van der Waals surface area contributed by atoms with Crippen molar-refractivity contribution in [2.45, 2.75) is 12.5 Å². The molecule has 0 radical (unpaired) electrons. The first-order valence-corrected chi connectivity index (χ1v) is 6.11. The molecule has 0 unspecified atom stereocenters. The van der Waals surface area contributed by atoms with E-state index in [1.54, 1.807) is 0 Å². The van der Waals surface area contributed by atoms with Crippen LogP contribution in [0.1, 0.15) is 16.8 Å². The number of rotatable bonds is 7. The average Bonchev–Trinajstić information content (AvgIpc) is 2.44. The lowest BCUT2D eigenvalue weighted by Crippen LogP contribution is -2.38. The van der Waals surface area contributed by atoms with Crippen molar-refractivity contribution in [1.82, 2.24) is 10.6 Å². The minimum absolute atomic E-state index is 0.0395. The second-order valence-corrected chi connectivity index (χ2v) is 4.19. The Bertz CT molecular complexity index is 535. The van der Waals surface area contributed by atoms with Crippen molar-refractivity contribution in [1.29, 1.82) is 0 Å². The Morgan fingerprint density at radius 1 is 1.24 bits per heavy atom. The highest BCUT2D eigenvalue weighted by molar-refractivity contribution is 5.96. The van der Waals surface area contributed by atoms with Crippen LogP contribution in [0, 0.1) is 5.82 Å². The summed E-state index contributed by atoms with van der Waals surface area (Å²) in [5.41, 5.74) is 0.0871. The third-order valence-electron chi connectivity index (χ3n) is 2.52. The molecule has 4 N–H and O–H groups in total. The summed E-state index contributed by atoms with van der Waals surface area (Å²) in [5, 5.41) is 22.0. The summed E-state index contributed by atoms with van der Waals surface area (Å²) in [6, 6.07) is 5.00. The SMILES string of the molecule is O=C(CNC(=O)c1cccc(F)c1)NCC[C@H](O)C(=O)O. The third kappa shape index (κ3) is 6.00. The van der Waals surface area contributed by atoms with Gasteiger partial charge in [0.05, 0.1) is 6.54 Å². The van der Waals surface area contributed by atoms with Gasteiger partial charge >= 0.3 is 5.97 Å². The van der Waals surface area contributed by atoms with Crippen LogP contribution >= 0.6 is 0 Å². The maximum Gasteiger partial charge on any atom is 0.332 e. The fourth-order valence-corrected chi connectivity index (χ4v) is 1.43. The number of aliphatic carboxylic acids is 1. The zero-order valence-electron chi connectivity index (χ0n) is 11.0. The summed E-state index contributed by atoms with van der Waals surface area (Å²) in [5.74, 6) is -3.08. The Morgan fingerprint density at radius 3 is 2.57 bits per heavy atom. The fraction of sp³-hybridized carbons (Fsp3) is 0.308. The zero-order chi connectivity index (χ0) is 15.8. The van der Waals surface area contributed by atoms with Crippen LogP contribution in [0.2, 0.25) is 0 Å². The number of nitrogens with one attached hydrogen (secondary N) is 2. The molecule has 0 saturated heterocycles. The van der Waals surface area contributed by atoms with E-state index in [2.05, 4.69) is 10.6 Å². The lowest BCUT2D eigenvalue weighted by Gasteiger charge is -2.08. The fourth-order valence-electron chi connectivity index (χ4n) is 1.43. The van der Waals surface area contributed by atoms with E-state index in [-0.39, 0.29) is 25.1 Å². The van der Waals surface area contributed by atoms with Crippen molar-refractivity contribution in [3.05, 3.63) is 35.6 Å². The van der Waals surface area contributed by atoms with Gasteiger partial charge in [-0.2, -0.15) is 0 Å². The highest BCUT2D eigenvalue weighted by atomic mass is 19.1. The monoisotopic (exact) mass is 298 g/mol. The highest BCUT2D eigenvalue weighted by Gasteiger charge is 2.13. The molecular formula is C13H15FN2O5. The number of carbonyl (C=O) groups is 3. The molecule has 1 atom stereocenters. The summed E-state index contributed by atoms with van der Waals surface area (Å²) in [4.78, 5) is 33.3. The molecule has 7 nitrogen and oxygen atoms in total. The minimum Gasteiger partial charge on any atom is -0.479 e. The van der Waals surface area contributed by atoms with E-state index in [1.165, 1.54) is 18.2 Å². The van der Waals surface area contributed by atoms with Crippen LogP contribution in [0.3, 0.4) is 0 Å². The van der Waals surface area contributed by atoms with E-state index in [0.29, 0.717) is 0 Å². The first-order chi connectivity index (χ1) is 9.90. The molecule has 0 spiro atoms. The van der Waals surface area contributed by atoms with Gasteiger partial charge in [-0.25, -0.2) is 9.18 Å². The molecule has 0 saturated carbocycles. The number of aliphatic hydroxyl groups is 1. The Balaban J connectivity index is 2.30. The summed E-state index contributed by atoms with van der Waals surface area (Å²) >= 11 is 0. The average molecular weight is 298 g/mol. The van der Waals surface area contributed by atoms with Gasteiger partial charge in [0, 0.05) is 18.5 Å². The van der Waals surface area contributed by atoms with Crippen LogP contribution in [0.25, 0.3) is 0 Å². The van der Waals surface area contributed by atoms with Crippen LogP contribution < -0.4 is 10.6 Å². The topological polar surface area (TPSA) is 116 Å². The van der Waals surface area contributed by atoms with E-state index in [9.17, 15) is 18.8 Å². The molecule has 0 aromatic heterocycles. The number of hydrogen-bond acceptors (Lipinski definition) is 4. The van der Waals surface area contributed by atoms with Crippen LogP contribution in [-0.4, -0.2) is 47.2 Å². The van der Waals surface area contributed by atoms with Gasteiger partial charge in [-0.05, 0) is 18.2 Å². The molecule has 1 rings (SSSR count). The predicted octanol–water partition coefficient (Wildman–Crippen LogP) is -0.493. The molecule has 2 amide bonds. The smallest absolute Gasteiger partial charge is 0.332 e. The van der Waals surface area contributed by atoms with Gasteiger partial charge < -0.3 is 20.8 Å². The van der Waals surface area contributed by atoms with E-state index in [4.69, 9.17) is 10.2 Å². The highest BCUT2D eigenvalue weighted by Crippen LogP contribution is 2.02. The van der Waals surface area contributed by atoms with Crippen molar-refractivity contribution in [2.24, 2.45) is 0 Å². The number of aliphatic hydroxyl groups excluding tert-OH is 1. The molecule has 0 aliphatic rings. The summed E-state index contributed by atoms with van der Waals surface area (Å²) in [6.07, 6.45) is -1.69. The molecule has 1 aromatic carbocycles. The second kappa shape index (κ2) is 7.95. The number of carboxylic acids is 1. The molecule has 0 aliphatic carbocycles. The molecule has 0 aliphatic heterocycles. The molecule has 0 bridgehead atoms. The van der Waals surface area contributed by atoms with Crippen molar-refractivity contribution >= 4 is 17.8 Å². The van der Waals surface area contributed by atoms with E-state index in [1.807, 2.05) is 0 Å². The van der Waals surface area contributed by atoms with Gasteiger partial charge in [0.25, 0.3) is 5.91 Å². The van der Waals surface area contributed by atoms with Crippen molar-refractivity contribution in [2.75, 3.05) is 13.1 Å². The van der Waals surface area contributed by atoms with E-state index < -0.39 is 29.7 Å². The van der Waals surface area contributed by atoms with Crippen molar-refractivity contribution in [3.8, 4) is 0 Å². The van der Waals surface area contributed by atoms with Crippen molar-refractivity contribution < 1.29 is 29.0 Å². The number of halogens is 1. The quantitative estimate of drug-likeness (QED) is 0.542. The van der Waals surface area contributed by atoms with Crippen molar-refractivity contribution in [3.63, 3.8) is 0 Å². The summed E-state index contributed by atoms with van der Waals surface area (Å²) in [6.45, 7) is -0.374. The van der Waals surface area contributed by atoms with Crippen LogP contribution in [0.15, 0.2) is 24.3 Å². The molecule has 8 heteroatoms. The first-order valence-electron chi connectivity index (χ1n) is 6.11. The number of carbonyl (C=O) groups excluding carboxylic acids is 2. The standard InChI is InChI=1S/C13H15FN2O5/c14-9-3-1-2-8(6-9)12(19)16-7-11(18)15-5-4-10(17)13(20)21/h1-3,6,10,17H,4-5,7H2,(H,15,18)(H,16,19)(H,20,21)/t10-/m0/s1. The van der Waals surface area contributed by atoms with Crippen LogP contribution in [-0.2, 0) is 9.59 Å². The van der Waals surface area contributed by atoms with Gasteiger partial charge in [0.15, 0.2) is 6.10 Å². The van der Waals surface area contributed by atoms with Crippen LogP contribution in [0.4, 0.5) is 4.39 Å². The van der Waals surface area contributed by atoms with E-state index >= 15 is 0 Å². The molecule has 21 heavy (non-hydrogen) atoms. The maximum absolute atomic E-state index is 12.9. The predicted molar refractivity (Wildman–Crippen MR) is 70.0 cm³/mol. The van der Waals surface area contributed by atoms with Gasteiger partial charge in [0.1, 0.15) is 5.82 Å². The molecule has 114 valence electrons. The largest absolute Gasteiger partial charge is 0.479 e. The normalized spacial score (nSPS) is 11.5. The zero-order valence-corrected chi connectivity index (χ0v) is 11.0. The third-order valence-corrected chi connectivity index (χ3v) is 2.52. The molecule has 0 fully saturated rings. The number of carboxylic acid groups (broad SMARTS) is 1. The van der Waals surface area contributed by atoms with Gasteiger partial charge in [-0.15, -0.1) is 0 Å². The Kier molecular flexibility index (Phi) is 6.28. The molecular weight excluding hydrogens is 283 g/mol. The Hall–Kier alpha value is -2.48. The Morgan fingerprint density at radius 2 is 1.95 bits per heavy atom. The van der Waals surface area contributed by atoms with Gasteiger partial charge in [0.2, 0.25) is 5.91 Å². The van der Waals surface area contributed by atoms with E-state index in [0.717, 1.165) is 6.07 Å². The number of amides is 2. The second-order valence-electron chi connectivity index (χ2n) is 4.19. The lowest BCUT2D eigenvalue weighted by atomic mass is 10.2. The van der Waals surface area contributed by atoms with Gasteiger partial charge in [-0.1, -0.05) is 6.07 Å². The summed E-state index contributed by atoms with van der Waals surface area (Å²) in [7, 11) is 0. The summed E-state index contributed by atoms with van der Waals surface area (Å²) < 4.78 is 12.9. The number of benzene rings is 1.